The number of nitrogens with one attached hydrogen (secondary N) is 2. The highest BCUT2D eigenvalue weighted by molar-refractivity contribution is 14.0. The summed E-state index contributed by atoms with van der Waals surface area (Å²) in [5, 5.41) is 6.69. The molecule has 7 heteroatoms. The highest BCUT2D eigenvalue weighted by atomic mass is 127. The van der Waals surface area contributed by atoms with E-state index in [0.717, 1.165) is 57.2 Å². The van der Waals surface area contributed by atoms with Gasteiger partial charge >= 0.3 is 0 Å². The van der Waals surface area contributed by atoms with Gasteiger partial charge in [-0.15, -0.1) is 24.0 Å². The average molecular weight is 464 g/mol. The Bertz CT molecular complexity index is 524. The van der Waals surface area contributed by atoms with E-state index in [1.165, 1.54) is 6.07 Å². The zero-order valence-electron chi connectivity index (χ0n) is 15.1. The molecular formula is C18H30FIN4O. The molecule has 1 aliphatic heterocycles. The first-order valence-electron chi connectivity index (χ1n) is 8.76. The molecule has 0 radical (unpaired) electrons. The van der Waals surface area contributed by atoms with Crippen LogP contribution in [0.25, 0.3) is 0 Å². The minimum absolute atomic E-state index is 0. The second-order valence-corrected chi connectivity index (χ2v) is 5.95. The number of unbranched alkanes of at least 4 members (excludes halogenated alkanes) is 1. The molecule has 1 atom stereocenters. The Hall–Kier alpha value is -0.930. The van der Waals surface area contributed by atoms with E-state index in [1.807, 2.05) is 6.07 Å². The third-order valence-corrected chi connectivity index (χ3v) is 4.23. The molecule has 0 aromatic heterocycles. The van der Waals surface area contributed by atoms with Crippen molar-refractivity contribution in [2.45, 2.75) is 25.8 Å². The van der Waals surface area contributed by atoms with Crippen molar-refractivity contribution in [1.82, 2.24) is 15.5 Å². The van der Waals surface area contributed by atoms with Crippen LogP contribution in [0.2, 0.25) is 0 Å². The highest BCUT2D eigenvalue weighted by Gasteiger charge is 2.23. The molecular weight excluding hydrogens is 434 g/mol. The average Bonchev–Trinajstić information content (AvgIpc) is 2.61. The molecule has 142 valence electrons. The maximum absolute atomic E-state index is 13.7. The van der Waals surface area contributed by atoms with Crippen molar-refractivity contribution in [3.8, 4) is 0 Å². The van der Waals surface area contributed by atoms with Crippen molar-refractivity contribution >= 4 is 29.9 Å². The minimum atomic E-state index is -0.198. The fourth-order valence-corrected chi connectivity index (χ4v) is 2.86. The number of hydrogen-bond acceptors (Lipinski definition) is 3. The molecule has 1 fully saturated rings. The summed E-state index contributed by atoms with van der Waals surface area (Å²) in [6, 6.07) is 6.95. The number of rotatable bonds is 7. The fourth-order valence-electron chi connectivity index (χ4n) is 2.86. The van der Waals surface area contributed by atoms with Gasteiger partial charge in [0.1, 0.15) is 5.82 Å². The van der Waals surface area contributed by atoms with Crippen molar-refractivity contribution in [3.63, 3.8) is 0 Å². The minimum Gasteiger partial charge on any atom is -0.379 e. The lowest BCUT2D eigenvalue weighted by molar-refractivity contribution is 0.0169. The number of halogens is 2. The molecule has 0 bridgehead atoms. The Morgan fingerprint density at radius 3 is 2.72 bits per heavy atom. The van der Waals surface area contributed by atoms with E-state index < -0.39 is 0 Å². The van der Waals surface area contributed by atoms with Crippen molar-refractivity contribution in [3.05, 3.63) is 35.6 Å². The molecule has 0 amide bonds. The number of morpholine rings is 1. The molecule has 25 heavy (non-hydrogen) atoms. The van der Waals surface area contributed by atoms with Gasteiger partial charge in [-0.05, 0) is 24.1 Å². The maximum atomic E-state index is 13.7. The lowest BCUT2D eigenvalue weighted by atomic mass is 10.0. The summed E-state index contributed by atoms with van der Waals surface area (Å²) < 4.78 is 19.1. The summed E-state index contributed by atoms with van der Waals surface area (Å²) in [6.45, 7) is 6.88. The molecule has 5 nitrogen and oxygen atoms in total. The maximum Gasteiger partial charge on any atom is 0.191 e. The highest BCUT2D eigenvalue weighted by Crippen LogP contribution is 2.22. The topological polar surface area (TPSA) is 48.9 Å². The summed E-state index contributed by atoms with van der Waals surface area (Å²) in [4.78, 5) is 6.60. The van der Waals surface area contributed by atoms with E-state index in [-0.39, 0.29) is 35.8 Å². The second kappa shape index (κ2) is 12.4. The summed E-state index contributed by atoms with van der Waals surface area (Å²) in [7, 11) is 1.77. The van der Waals surface area contributed by atoms with E-state index in [0.29, 0.717) is 6.54 Å². The van der Waals surface area contributed by atoms with Crippen LogP contribution in [-0.2, 0) is 4.74 Å². The number of hydrogen-bond donors (Lipinski definition) is 2. The first-order chi connectivity index (χ1) is 11.7. The van der Waals surface area contributed by atoms with Crippen molar-refractivity contribution in [1.29, 1.82) is 0 Å². The smallest absolute Gasteiger partial charge is 0.191 e. The summed E-state index contributed by atoms with van der Waals surface area (Å²) >= 11 is 0. The predicted molar refractivity (Wildman–Crippen MR) is 111 cm³/mol. The Kier molecular flexibility index (Phi) is 11.0. The lowest BCUT2D eigenvalue weighted by Gasteiger charge is -2.35. The van der Waals surface area contributed by atoms with E-state index in [9.17, 15) is 4.39 Å². The van der Waals surface area contributed by atoms with Gasteiger partial charge in [-0.1, -0.05) is 25.5 Å². The number of ether oxygens (including phenoxy) is 1. The molecule has 1 aromatic rings. The van der Waals surface area contributed by atoms with E-state index in [1.54, 1.807) is 19.2 Å². The SMILES string of the molecule is CCCCNC(=NC)NCC(c1cccc(F)c1)N1CCOCC1.I. The molecule has 0 saturated carbocycles. The Morgan fingerprint density at radius 2 is 2.08 bits per heavy atom. The molecule has 2 rings (SSSR count). The van der Waals surface area contributed by atoms with E-state index in [2.05, 4.69) is 27.4 Å². The number of benzene rings is 1. The van der Waals surface area contributed by atoms with Gasteiger partial charge < -0.3 is 15.4 Å². The largest absolute Gasteiger partial charge is 0.379 e. The van der Waals surface area contributed by atoms with Gasteiger partial charge in [-0.3, -0.25) is 9.89 Å². The zero-order valence-corrected chi connectivity index (χ0v) is 17.5. The molecule has 1 saturated heterocycles. The molecule has 1 unspecified atom stereocenters. The van der Waals surface area contributed by atoms with Crippen LogP contribution in [0.15, 0.2) is 29.3 Å². The van der Waals surface area contributed by atoms with Crippen molar-refractivity contribution in [2.24, 2.45) is 4.99 Å². The van der Waals surface area contributed by atoms with Gasteiger partial charge in [0, 0.05) is 33.2 Å². The van der Waals surface area contributed by atoms with Gasteiger partial charge in [0.2, 0.25) is 0 Å². The van der Waals surface area contributed by atoms with Crippen LogP contribution in [0.1, 0.15) is 31.4 Å². The van der Waals surface area contributed by atoms with Crippen molar-refractivity contribution < 1.29 is 9.13 Å². The molecule has 0 aliphatic carbocycles. The zero-order chi connectivity index (χ0) is 17.2. The predicted octanol–water partition coefficient (Wildman–Crippen LogP) is 2.78. The summed E-state index contributed by atoms with van der Waals surface area (Å²) in [5.74, 6) is 0.592. The Balaban J connectivity index is 0.00000312. The van der Waals surface area contributed by atoms with Crippen LogP contribution in [-0.4, -0.2) is 57.3 Å². The second-order valence-electron chi connectivity index (χ2n) is 5.95. The quantitative estimate of drug-likeness (QED) is 0.282. The van der Waals surface area contributed by atoms with E-state index >= 15 is 0 Å². The van der Waals surface area contributed by atoms with Crippen LogP contribution in [0, 0.1) is 5.82 Å². The van der Waals surface area contributed by atoms with Gasteiger partial charge in [0.25, 0.3) is 0 Å². The summed E-state index contributed by atoms with van der Waals surface area (Å²) in [5.41, 5.74) is 0.980. The molecule has 1 aromatic carbocycles. The van der Waals surface area contributed by atoms with Gasteiger partial charge in [0.15, 0.2) is 5.96 Å². The Morgan fingerprint density at radius 1 is 1.32 bits per heavy atom. The molecule has 1 aliphatic rings. The van der Waals surface area contributed by atoms with Crippen molar-refractivity contribution in [2.75, 3.05) is 46.4 Å². The number of aliphatic imine (C=N–C) groups is 1. The molecule has 0 spiro atoms. The van der Waals surface area contributed by atoms with Gasteiger partial charge in [-0.2, -0.15) is 0 Å². The Labute approximate surface area is 167 Å². The summed E-state index contributed by atoms with van der Waals surface area (Å²) in [6.07, 6.45) is 2.25. The van der Waals surface area contributed by atoms with Gasteiger partial charge in [-0.25, -0.2) is 4.39 Å². The van der Waals surface area contributed by atoms with Crippen LogP contribution < -0.4 is 10.6 Å². The first-order valence-corrected chi connectivity index (χ1v) is 8.76. The van der Waals surface area contributed by atoms with Crippen LogP contribution in [0.5, 0.6) is 0 Å². The van der Waals surface area contributed by atoms with Crippen LogP contribution in [0.4, 0.5) is 4.39 Å². The lowest BCUT2D eigenvalue weighted by Crippen LogP contribution is -2.46. The fraction of sp³-hybridized carbons (Fsp3) is 0.611. The molecule has 1 heterocycles. The molecule has 2 N–H and O–H groups in total. The van der Waals surface area contributed by atoms with Crippen LogP contribution >= 0.6 is 24.0 Å². The number of nitrogens with zero attached hydrogens (tertiary/aromatic N) is 2. The van der Waals surface area contributed by atoms with E-state index in [4.69, 9.17) is 4.74 Å². The number of guanidine groups is 1. The monoisotopic (exact) mass is 464 g/mol. The standard InChI is InChI=1S/C18H29FN4O.HI/c1-3-4-8-21-18(20-2)22-14-17(23-9-11-24-12-10-23)15-6-5-7-16(19)13-15;/h5-7,13,17H,3-4,8-12,14H2,1-2H3,(H2,20,21,22);1H. The van der Waals surface area contributed by atoms with Crippen LogP contribution in [0.3, 0.4) is 0 Å². The normalized spacial score (nSPS) is 16.8. The third-order valence-electron chi connectivity index (χ3n) is 4.23. The third kappa shape index (κ3) is 7.45. The first kappa shape index (κ1) is 22.1. The van der Waals surface area contributed by atoms with Gasteiger partial charge in [0.05, 0.1) is 19.3 Å².